The molecule has 0 unspecified atom stereocenters. The molecule has 1 saturated heterocycles. The molecule has 0 saturated carbocycles. The molecule has 2 aromatic rings. The molecular formula is C16H16N2O3S. The van der Waals surface area contributed by atoms with E-state index in [-0.39, 0.29) is 11.5 Å². The third-order valence-corrected chi connectivity index (χ3v) is 4.73. The minimum absolute atomic E-state index is 0.108. The SMILES string of the molecule is Cc1csc(-c2c(C(=O)O)cccc2C(=O)N2CCCC2)n1. The monoisotopic (exact) mass is 316 g/mol. The molecule has 1 aromatic heterocycles. The summed E-state index contributed by atoms with van der Waals surface area (Å²) >= 11 is 1.36. The minimum Gasteiger partial charge on any atom is -0.478 e. The van der Waals surface area contributed by atoms with Gasteiger partial charge in [-0.1, -0.05) is 6.07 Å². The minimum atomic E-state index is -1.04. The van der Waals surface area contributed by atoms with E-state index in [9.17, 15) is 14.7 Å². The number of aromatic nitrogens is 1. The molecular weight excluding hydrogens is 300 g/mol. The average molecular weight is 316 g/mol. The van der Waals surface area contributed by atoms with E-state index >= 15 is 0 Å². The quantitative estimate of drug-likeness (QED) is 0.945. The zero-order valence-electron chi connectivity index (χ0n) is 12.2. The van der Waals surface area contributed by atoms with Crippen LogP contribution in [0.25, 0.3) is 10.6 Å². The molecule has 0 radical (unpaired) electrons. The van der Waals surface area contributed by atoms with Crippen molar-refractivity contribution in [3.8, 4) is 10.6 Å². The Kier molecular flexibility index (Phi) is 3.94. The van der Waals surface area contributed by atoms with E-state index in [2.05, 4.69) is 4.98 Å². The zero-order valence-corrected chi connectivity index (χ0v) is 13.0. The second-order valence-corrected chi connectivity index (χ2v) is 6.18. The van der Waals surface area contributed by atoms with Crippen LogP contribution in [0.3, 0.4) is 0 Å². The molecule has 1 fully saturated rings. The van der Waals surface area contributed by atoms with Crippen molar-refractivity contribution in [3.63, 3.8) is 0 Å². The van der Waals surface area contributed by atoms with Gasteiger partial charge in [0.2, 0.25) is 0 Å². The number of aromatic carboxylic acids is 1. The van der Waals surface area contributed by atoms with Gasteiger partial charge in [-0.05, 0) is 31.9 Å². The number of nitrogens with zero attached hydrogens (tertiary/aromatic N) is 2. The number of amides is 1. The first kappa shape index (κ1) is 14.7. The highest BCUT2D eigenvalue weighted by molar-refractivity contribution is 7.13. The number of rotatable bonds is 3. The number of hydrogen-bond acceptors (Lipinski definition) is 4. The fraction of sp³-hybridized carbons (Fsp3) is 0.312. The zero-order chi connectivity index (χ0) is 15.7. The van der Waals surface area contributed by atoms with Crippen LogP contribution in [0, 0.1) is 6.92 Å². The summed E-state index contributed by atoms with van der Waals surface area (Å²) in [7, 11) is 0. The van der Waals surface area contributed by atoms with Gasteiger partial charge in [0.15, 0.2) is 0 Å². The number of hydrogen-bond donors (Lipinski definition) is 1. The van der Waals surface area contributed by atoms with Crippen LogP contribution in [-0.4, -0.2) is 40.0 Å². The number of likely N-dealkylation sites (tertiary alicyclic amines) is 1. The molecule has 6 heteroatoms. The standard InChI is InChI=1S/C16H16N2O3S/c1-10-9-22-14(17-10)13-11(5-4-6-12(13)16(20)21)15(19)18-7-2-3-8-18/h4-6,9H,2-3,7-8H2,1H3,(H,20,21). The Morgan fingerprint density at radius 1 is 1.23 bits per heavy atom. The van der Waals surface area contributed by atoms with Crippen molar-refractivity contribution in [1.29, 1.82) is 0 Å². The van der Waals surface area contributed by atoms with Crippen LogP contribution in [0.15, 0.2) is 23.6 Å². The van der Waals surface area contributed by atoms with Crippen molar-refractivity contribution >= 4 is 23.2 Å². The van der Waals surface area contributed by atoms with E-state index in [4.69, 9.17) is 0 Å². The Hall–Kier alpha value is -2.21. The van der Waals surface area contributed by atoms with Crippen LogP contribution in [-0.2, 0) is 0 Å². The highest BCUT2D eigenvalue weighted by Crippen LogP contribution is 2.32. The summed E-state index contributed by atoms with van der Waals surface area (Å²) in [5.74, 6) is -1.15. The van der Waals surface area contributed by atoms with E-state index in [0.29, 0.717) is 16.1 Å². The van der Waals surface area contributed by atoms with Gasteiger partial charge in [-0.3, -0.25) is 4.79 Å². The summed E-state index contributed by atoms with van der Waals surface area (Å²) in [5.41, 5.74) is 1.81. The largest absolute Gasteiger partial charge is 0.478 e. The summed E-state index contributed by atoms with van der Waals surface area (Å²) in [5, 5.41) is 11.9. The summed E-state index contributed by atoms with van der Waals surface area (Å²) in [6, 6.07) is 4.84. The average Bonchev–Trinajstić information content (AvgIpc) is 3.17. The lowest BCUT2D eigenvalue weighted by atomic mass is 10.00. The second-order valence-electron chi connectivity index (χ2n) is 5.33. The number of benzene rings is 1. The van der Waals surface area contributed by atoms with Crippen molar-refractivity contribution in [1.82, 2.24) is 9.88 Å². The van der Waals surface area contributed by atoms with Crippen molar-refractivity contribution in [3.05, 3.63) is 40.4 Å². The highest BCUT2D eigenvalue weighted by atomic mass is 32.1. The molecule has 2 heterocycles. The van der Waals surface area contributed by atoms with Gasteiger partial charge in [0.1, 0.15) is 5.01 Å². The molecule has 1 aliphatic heterocycles. The van der Waals surface area contributed by atoms with Gasteiger partial charge in [-0.25, -0.2) is 9.78 Å². The van der Waals surface area contributed by atoms with E-state index < -0.39 is 5.97 Å². The number of carbonyl (C=O) groups excluding carboxylic acids is 1. The molecule has 0 bridgehead atoms. The summed E-state index contributed by atoms with van der Waals surface area (Å²) in [4.78, 5) is 30.4. The van der Waals surface area contributed by atoms with Gasteiger partial charge >= 0.3 is 5.97 Å². The lowest BCUT2D eigenvalue weighted by molar-refractivity contribution is 0.0697. The van der Waals surface area contributed by atoms with E-state index in [1.54, 1.807) is 17.0 Å². The van der Waals surface area contributed by atoms with Gasteiger partial charge in [-0.15, -0.1) is 11.3 Å². The predicted molar refractivity (Wildman–Crippen MR) is 84.4 cm³/mol. The maximum absolute atomic E-state index is 12.7. The van der Waals surface area contributed by atoms with Crippen LogP contribution in [0.5, 0.6) is 0 Å². The molecule has 0 spiro atoms. The third kappa shape index (κ3) is 2.62. The Morgan fingerprint density at radius 2 is 1.91 bits per heavy atom. The summed E-state index contributed by atoms with van der Waals surface area (Å²) in [6.45, 7) is 3.31. The van der Waals surface area contributed by atoms with Crippen molar-refractivity contribution in [2.24, 2.45) is 0 Å². The van der Waals surface area contributed by atoms with Crippen LogP contribution < -0.4 is 0 Å². The fourth-order valence-corrected chi connectivity index (χ4v) is 3.57. The third-order valence-electron chi connectivity index (χ3n) is 3.75. The van der Waals surface area contributed by atoms with Gasteiger partial charge in [0, 0.05) is 29.7 Å². The molecule has 1 aromatic carbocycles. The van der Waals surface area contributed by atoms with E-state index in [0.717, 1.165) is 31.6 Å². The topological polar surface area (TPSA) is 70.5 Å². The Balaban J connectivity index is 2.15. The van der Waals surface area contributed by atoms with Crippen LogP contribution >= 0.6 is 11.3 Å². The fourth-order valence-electron chi connectivity index (χ4n) is 2.70. The summed E-state index contributed by atoms with van der Waals surface area (Å²) < 4.78 is 0. The number of thiazole rings is 1. The predicted octanol–water partition coefficient (Wildman–Crippen LogP) is 3.05. The first-order valence-corrected chi connectivity index (χ1v) is 8.04. The van der Waals surface area contributed by atoms with Gasteiger partial charge in [0.25, 0.3) is 5.91 Å². The molecule has 0 atom stereocenters. The van der Waals surface area contributed by atoms with Crippen molar-refractivity contribution in [2.75, 3.05) is 13.1 Å². The first-order valence-electron chi connectivity index (χ1n) is 7.16. The van der Waals surface area contributed by atoms with Crippen LogP contribution in [0.1, 0.15) is 39.3 Å². The van der Waals surface area contributed by atoms with Crippen LogP contribution in [0.2, 0.25) is 0 Å². The molecule has 3 rings (SSSR count). The van der Waals surface area contributed by atoms with E-state index in [1.807, 2.05) is 12.3 Å². The molecule has 1 aliphatic rings. The number of carboxylic acids is 1. The Morgan fingerprint density at radius 3 is 2.50 bits per heavy atom. The van der Waals surface area contributed by atoms with Gasteiger partial charge in [-0.2, -0.15) is 0 Å². The Bertz CT molecular complexity index is 733. The number of carbonyl (C=O) groups is 2. The van der Waals surface area contributed by atoms with Gasteiger partial charge < -0.3 is 10.0 Å². The normalized spacial score (nSPS) is 14.3. The first-order chi connectivity index (χ1) is 10.6. The highest BCUT2D eigenvalue weighted by Gasteiger charge is 2.26. The lowest BCUT2D eigenvalue weighted by Crippen LogP contribution is -2.28. The number of aryl methyl sites for hydroxylation is 1. The molecule has 1 N–H and O–H groups in total. The molecule has 1 amide bonds. The molecule has 0 aliphatic carbocycles. The Labute approximate surface area is 132 Å². The van der Waals surface area contributed by atoms with Crippen molar-refractivity contribution < 1.29 is 14.7 Å². The smallest absolute Gasteiger partial charge is 0.336 e. The van der Waals surface area contributed by atoms with Crippen molar-refractivity contribution in [2.45, 2.75) is 19.8 Å². The number of carboxylic acid groups (broad SMARTS) is 1. The van der Waals surface area contributed by atoms with Crippen LogP contribution in [0.4, 0.5) is 0 Å². The second kappa shape index (κ2) is 5.88. The lowest BCUT2D eigenvalue weighted by Gasteiger charge is -2.18. The maximum Gasteiger partial charge on any atom is 0.336 e. The molecule has 22 heavy (non-hydrogen) atoms. The molecule has 114 valence electrons. The summed E-state index contributed by atoms with van der Waals surface area (Å²) in [6.07, 6.45) is 1.99. The maximum atomic E-state index is 12.7. The molecule has 5 nitrogen and oxygen atoms in total. The van der Waals surface area contributed by atoms with Gasteiger partial charge in [0.05, 0.1) is 11.1 Å². The van der Waals surface area contributed by atoms with E-state index in [1.165, 1.54) is 17.4 Å².